The summed E-state index contributed by atoms with van der Waals surface area (Å²) in [6.07, 6.45) is 0. The van der Waals surface area contributed by atoms with Gasteiger partial charge in [0.05, 0.1) is 17.6 Å². The molecule has 2 aromatic rings. The van der Waals surface area contributed by atoms with Gasteiger partial charge in [-0.2, -0.15) is 0 Å². The fourth-order valence-corrected chi connectivity index (χ4v) is 3.51. The van der Waals surface area contributed by atoms with Crippen LogP contribution in [0.15, 0.2) is 47.4 Å². The minimum absolute atomic E-state index is 0.00433. The van der Waals surface area contributed by atoms with Crippen molar-refractivity contribution in [3.8, 4) is 0 Å². The number of sulfonamides is 1. The van der Waals surface area contributed by atoms with E-state index in [1.54, 1.807) is 30.3 Å². The van der Waals surface area contributed by atoms with E-state index < -0.39 is 16.0 Å². The molecule has 23 heavy (non-hydrogen) atoms. The van der Waals surface area contributed by atoms with Gasteiger partial charge in [-0.3, -0.25) is 0 Å². The van der Waals surface area contributed by atoms with Crippen molar-refractivity contribution >= 4 is 27.6 Å². The Bertz CT molecular complexity index is 834. The van der Waals surface area contributed by atoms with E-state index in [2.05, 4.69) is 9.46 Å². The summed E-state index contributed by atoms with van der Waals surface area (Å²) in [5, 5.41) is 0.588. The maximum atomic E-state index is 12.5. The molecule has 0 spiro atoms. The zero-order valence-corrected chi connectivity index (χ0v) is 14.2. The summed E-state index contributed by atoms with van der Waals surface area (Å²) in [6, 6.07) is 11.1. The van der Waals surface area contributed by atoms with Gasteiger partial charge < -0.3 is 4.74 Å². The Hall–Kier alpha value is -1.89. The predicted molar refractivity (Wildman–Crippen MR) is 88.0 cm³/mol. The van der Waals surface area contributed by atoms with E-state index in [1.807, 2.05) is 6.92 Å². The number of hydrogen-bond acceptors (Lipinski definition) is 4. The van der Waals surface area contributed by atoms with Gasteiger partial charge >= 0.3 is 5.97 Å². The van der Waals surface area contributed by atoms with Gasteiger partial charge in [0.2, 0.25) is 10.0 Å². The molecule has 0 atom stereocenters. The van der Waals surface area contributed by atoms with Crippen molar-refractivity contribution in [3.63, 3.8) is 0 Å². The molecule has 2 aromatic carbocycles. The number of ether oxygens (including phenoxy) is 1. The molecule has 0 unspecified atom stereocenters. The molecular formula is C16H16ClNO4S. The van der Waals surface area contributed by atoms with Crippen molar-refractivity contribution < 1.29 is 17.9 Å². The highest BCUT2D eigenvalue weighted by molar-refractivity contribution is 7.89. The van der Waals surface area contributed by atoms with E-state index >= 15 is 0 Å². The smallest absolute Gasteiger partial charge is 0.339 e. The van der Waals surface area contributed by atoms with Gasteiger partial charge in [0.15, 0.2) is 0 Å². The zero-order chi connectivity index (χ0) is 17.0. The molecule has 1 N–H and O–H groups in total. The molecule has 2 rings (SSSR count). The summed E-state index contributed by atoms with van der Waals surface area (Å²) in [6.45, 7) is 1.94. The van der Waals surface area contributed by atoms with Crippen LogP contribution in [-0.4, -0.2) is 21.5 Å². The average molecular weight is 354 g/mol. The second-order valence-corrected chi connectivity index (χ2v) is 7.05. The normalized spacial score (nSPS) is 11.3. The number of halogens is 1. The first-order chi connectivity index (χ1) is 10.8. The second kappa shape index (κ2) is 7.12. The third-order valence-corrected chi connectivity index (χ3v) is 5.03. The fourth-order valence-electron chi connectivity index (χ4n) is 2.09. The molecular weight excluding hydrogens is 338 g/mol. The molecule has 0 aliphatic heterocycles. The highest BCUT2D eigenvalue weighted by atomic mass is 35.5. The van der Waals surface area contributed by atoms with E-state index in [1.165, 1.54) is 19.2 Å². The summed E-state index contributed by atoms with van der Waals surface area (Å²) in [7, 11) is -2.65. The lowest BCUT2D eigenvalue weighted by atomic mass is 10.1. The first kappa shape index (κ1) is 17.5. The van der Waals surface area contributed by atoms with Crippen molar-refractivity contribution in [2.24, 2.45) is 0 Å². The third-order valence-electron chi connectivity index (χ3n) is 3.34. The number of nitrogens with one attached hydrogen (secondary N) is 1. The molecule has 0 aliphatic carbocycles. The number of esters is 1. The lowest BCUT2D eigenvalue weighted by molar-refractivity contribution is 0.0596. The van der Waals surface area contributed by atoms with Crippen molar-refractivity contribution in [1.29, 1.82) is 0 Å². The minimum atomic E-state index is -3.85. The summed E-state index contributed by atoms with van der Waals surface area (Å²) < 4.78 is 32.1. The van der Waals surface area contributed by atoms with E-state index in [4.69, 9.17) is 11.6 Å². The molecule has 0 fully saturated rings. The third kappa shape index (κ3) is 4.10. The Labute approximate surface area is 140 Å². The second-order valence-electron chi connectivity index (χ2n) is 4.88. The number of methoxy groups -OCH3 is 1. The molecule has 0 saturated carbocycles. The Morgan fingerprint density at radius 1 is 1.22 bits per heavy atom. The quantitative estimate of drug-likeness (QED) is 0.839. The highest BCUT2D eigenvalue weighted by Gasteiger charge is 2.22. The molecule has 0 aliphatic rings. The monoisotopic (exact) mass is 353 g/mol. The molecule has 0 bridgehead atoms. The number of hydrogen-bond donors (Lipinski definition) is 1. The molecule has 0 amide bonds. The molecule has 0 radical (unpaired) electrons. The van der Waals surface area contributed by atoms with Gasteiger partial charge in [0, 0.05) is 11.6 Å². The predicted octanol–water partition coefficient (Wildman–Crippen LogP) is 2.91. The van der Waals surface area contributed by atoms with Crippen molar-refractivity contribution in [2.75, 3.05) is 7.11 Å². The first-order valence-electron chi connectivity index (χ1n) is 6.77. The van der Waals surface area contributed by atoms with Gasteiger partial charge in [-0.15, -0.1) is 0 Å². The maximum Gasteiger partial charge on any atom is 0.339 e. The lowest BCUT2D eigenvalue weighted by Crippen LogP contribution is -2.25. The van der Waals surface area contributed by atoms with Gasteiger partial charge in [0.1, 0.15) is 0 Å². The van der Waals surface area contributed by atoms with E-state index in [9.17, 15) is 13.2 Å². The van der Waals surface area contributed by atoms with Crippen molar-refractivity contribution in [3.05, 3.63) is 64.2 Å². The van der Waals surface area contributed by atoms with Crippen LogP contribution in [0.1, 0.15) is 21.5 Å². The number of aryl methyl sites for hydroxylation is 1. The van der Waals surface area contributed by atoms with Crippen LogP contribution < -0.4 is 4.72 Å². The van der Waals surface area contributed by atoms with Crippen molar-refractivity contribution in [2.45, 2.75) is 18.4 Å². The Morgan fingerprint density at radius 3 is 2.57 bits per heavy atom. The van der Waals surface area contributed by atoms with Crippen LogP contribution in [0, 0.1) is 6.92 Å². The van der Waals surface area contributed by atoms with Gasteiger partial charge in [-0.1, -0.05) is 29.8 Å². The Morgan fingerprint density at radius 2 is 1.91 bits per heavy atom. The van der Waals surface area contributed by atoms with E-state index in [0.717, 1.165) is 11.1 Å². The minimum Gasteiger partial charge on any atom is -0.465 e. The van der Waals surface area contributed by atoms with Crippen LogP contribution in [0.5, 0.6) is 0 Å². The number of carbonyl (C=O) groups excluding carboxylic acids is 1. The molecule has 0 aromatic heterocycles. The molecule has 5 nitrogen and oxygen atoms in total. The standard InChI is InChI=1S/C16H16ClNO4S/c1-11-9-13(17)8-7-12(11)10-18-23(20,21)15-6-4-3-5-14(15)16(19)22-2/h3-9,18H,10H2,1-2H3. The summed E-state index contributed by atoms with van der Waals surface area (Å²) in [5.41, 5.74) is 1.67. The van der Waals surface area contributed by atoms with Gasteiger partial charge in [-0.25, -0.2) is 17.9 Å². The number of carbonyl (C=O) groups is 1. The van der Waals surface area contributed by atoms with Crippen LogP contribution >= 0.6 is 11.6 Å². The van der Waals surface area contributed by atoms with Crippen LogP contribution in [0.4, 0.5) is 0 Å². The number of benzene rings is 2. The topological polar surface area (TPSA) is 72.5 Å². The van der Waals surface area contributed by atoms with E-state index in [0.29, 0.717) is 5.02 Å². The first-order valence-corrected chi connectivity index (χ1v) is 8.63. The number of rotatable bonds is 5. The van der Waals surface area contributed by atoms with E-state index in [-0.39, 0.29) is 17.0 Å². The lowest BCUT2D eigenvalue weighted by Gasteiger charge is -2.11. The van der Waals surface area contributed by atoms with Crippen LogP contribution in [-0.2, 0) is 21.3 Å². The Balaban J connectivity index is 2.28. The van der Waals surface area contributed by atoms with Crippen LogP contribution in [0.25, 0.3) is 0 Å². The average Bonchev–Trinajstić information content (AvgIpc) is 2.53. The molecule has 7 heteroatoms. The highest BCUT2D eigenvalue weighted by Crippen LogP contribution is 2.18. The summed E-state index contributed by atoms with van der Waals surface area (Å²) >= 11 is 5.88. The molecule has 0 saturated heterocycles. The zero-order valence-electron chi connectivity index (χ0n) is 12.7. The fraction of sp³-hybridized carbons (Fsp3) is 0.188. The molecule has 122 valence electrons. The summed E-state index contributed by atoms with van der Waals surface area (Å²) in [4.78, 5) is 11.6. The van der Waals surface area contributed by atoms with Crippen molar-refractivity contribution in [1.82, 2.24) is 4.72 Å². The van der Waals surface area contributed by atoms with Crippen LogP contribution in [0.2, 0.25) is 5.02 Å². The summed E-state index contributed by atoms with van der Waals surface area (Å²) in [5.74, 6) is -0.700. The maximum absolute atomic E-state index is 12.5. The Kier molecular flexibility index (Phi) is 5.41. The van der Waals surface area contributed by atoms with Gasteiger partial charge in [0.25, 0.3) is 0 Å². The molecule has 0 heterocycles. The SMILES string of the molecule is COC(=O)c1ccccc1S(=O)(=O)NCc1ccc(Cl)cc1C. The van der Waals surface area contributed by atoms with Gasteiger partial charge in [-0.05, 0) is 42.3 Å². The van der Waals surface area contributed by atoms with Crippen LogP contribution in [0.3, 0.4) is 0 Å². The largest absolute Gasteiger partial charge is 0.465 e.